The Morgan fingerprint density at radius 2 is 2.44 bits per heavy atom. The second-order valence-electron chi connectivity index (χ2n) is 3.45. The van der Waals surface area contributed by atoms with Crippen LogP contribution in [0.15, 0.2) is 29.1 Å². The number of thiophene rings is 1. The van der Waals surface area contributed by atoms with Crippen molar-refractivity contribution in [2.24, 2.45) is 0 Å². The summed E-state index contributed by atoms with van der Waals surface area (Å²) in [5.41, 5.74) is 1.01. The molecule has 0 bridgehead atoms. The maximum atomic E-state index is 10.9. The van der Waals surface area contributed by atoms with Crippen LogP contribution in [0.3, 0.4) is 0 Å². The van der Waals surface area contributed by atoms with Crippen molar-refractivity contribution in [2.75, 3.05) is 5.32 Å². The summed E-state index contributed by atoms with van der Waals surface area (Å²) in [7, 11) is 0. The van der Waals surface area contributed by atoms with Crippen LogP contribution in [0.1, 0.15) is 11.1 Å². The summed E-state index contributed by atoms with van der Waals surface area (Å²) < 4.78 is 0. The molecule has 1 N–H and O–H groups in total. The van der Waals surface area contributed by atoms with Crippen LogP contribution in [0.25, 0.3) is 0 Å². The number of hydrogen-bond acceptors (Lipinski definition) is 6. The summed E-state index contributed by atoms with van der Waals surface area (Å²) in [5, 5.41) is 26.3. The second kappa shape index (κ2) is 5.25. The minimum Gasteiger partial charge on any atom is -0.360 e. The third kappa shape index (κ3) is 2.61. The van der Waals surface area contributed by atoms with Crippen LogP contribution in [-0.4, -0.2) is 9.91 Å². The summed E-state index contributed by atoms with van der Waals surface area (Å²) >= 11 is 1.55. The highest BCUT2D eigenvalue weighted by Crippen LogP contribution is 2.23. The van der Waals surface area contributed by atoms with Gasteiger partial charge in [-0.25, -0.2) is 4.98 Å². The number of hydrogen-bond donors (Lipinski definition) is 1. The number of aromatic nitrogens is 1. The van der Waals surface area contributed by atoms with Crippen molar-refractivity contribution >= 4 is 22.8 Å². The van der Waals surface area contributed by atoms with Crippen molar-refractivity contribution in [3.05, 3.63) is 50.3 Å². The third-order valence-electron chi connectivity index (χ3n) is 2.23. The second-order valence-corrected chi connectivity index (χ2v) is 4.23. The molecule has 6 nitrogen and oxygen atoms in total. The molecule has 2 aromatic rings. The molecule has 18 heavy (non-hydrogen) atoms. The number of nitro groups is 1. The van der Waals surface area contributed by atoms with Crippen LogP contribution in [0.2, 0.25) is 0 Å². The highest BCUT2D eigenvalue weighted by Gasteiger charge is 2.16. The van der Waals surface area contributed by atoms with E-state index in [1.807, 2.05) is 22.9 Å². The van der Waals surface area contributed by atoms with Crippen molar-refractivity contribution in [1.29, 1.82) is 5.26 Å². The average molecular weight is 260 g/mol. The standard InChI is InChI=1S/C11H8N4O2S/c12-4-9-3-10(15(16)17)11(14-6-9)13-5-8-1-2-18-7-8/h1-3,6-7H,5H2,(H,13,14). The predicted octanol–water partition coefficient (Wildman–Crippen LogP) is 2.54. The molecule has 2 aromatic heterocycles. The monoisotopic (exact) mass is 260 g/mol. The third-order valence-corrected chi connectivity index (χ3v) is 2.97. The Hall–Kier alpha value is -2.46. The molecule has 0 radical (unpaired) electrons. The molecule has 7 heteroatoms. The topological polar surface area (TPSA) is 91.8 Å². The normalized spacial score (nSPS) is 9.72. The van der Waals surface area contributed by atoms with Crippen LogP contribution in [0.4, 0.5) is 11.5 Å². The molecular formula is C11H8N4O2S. The van der Waals surface area contributed by atoms with E-state index in [1.165, 1.54) is 12.3 Å². The quantitative estimate of drug-likeness (QED) is 0.673. The maximum Gasteiger partial charge on any atom is 0.312 e. The lowest BCUT2D eigenvalue weighted by atomic mass is 10.2. The highest BCUT2D eigenvalue weighted by atomic mass is 32.1. The van der Waals surface area contributed by atoms with Gasteiger partial charge in [-0.1, -0.05) is 0 Å². The molecule has 2 heterocycles. The zero-order valence-corrected chi connectivity index (χ0v) is 9.98. The smallest absolute Gasteiger partial charge is 0.312 e. The van der Waals surface area contributed by atoms with E-state index >= 15 is 0 Å². The van der Waals surface area contributed by atoms with Gasteiger partial charge in [-0.2, -0.15) is 16.6 Å². The molecule has 0 unspecified atom stereocenters. The van der Waals surface area contributed by atoms with Gasteiger partial charge in [0.15, 0.2) is 0 Å². The van der Waals surface area contributed by atoms with Gasteiger partial charge >= 0.3 is 5.69 Å². The number of rotatable bonds is 4. The number of nitrogens with zero attached hydrogens (tertiary/aromatic N) is 3. The van der Waals surface area contributed by atoms with Gasteiger partial charge in [-0.05, 0) is 22.4 Å². The SMILES string of the molecule is N#Cc1cnc(NCc2ccsc2)c([N+](=O)[O-])c1. The van der Waals surface area contributed by atoms with Gasteiger partial charge < -0.3 is 5.32 Å². The fraction of sp³-hybridized carbons (Fsp3) is 0.0909. The van der Waals surface area contributed by atoms with Gasteiger partial charge in [0.05, 0.1) is 10.5 Å². The van der Waals surface area contributed by atoms with E-state index in [2.05, 4.69) is 10.3 Å². The highest BCUT2D eigenvalue weighted by molar-refractivity contribution is 7.07. The molecule has 0 aliphatic rings. The van der Waals surface area contributed by atoms with Gasteiger partial charge in [0.1, 0.15) is 6.07 Å². The summed E-state index contributed by atoms with van der Waals surface area (Å²) in [6, 6.07) is 4.96. The van der Waals surface area contributed by atoms with Gasteiger partial charge in [0.2, 0.25) is 5.82 Å². The van der Waals surface area contributed by atoms with Crippen molar-refractivity contribution < 1.29 is 4.92 Å². The van der Waals surface area contributed by atoms with Crippen molar-refractivity contribution in [1.82, 2.24) is 4.98 Å². The average Bonchev–Trinajstić information content (AvgIpc) is 2.89. The van der Waals surface area contributed by atoms with Crippen LogP contribution in [0.5, 0.6) is 0 Å². The van der Waals surface area contributed by atoms with Gasteiger partial charge in [0, 0.05) is 18.8 Å². The van der Waals surface area contributed by atoms with Gasteiger partial charge in [-0.3, -0.25) is 10.1 Å². The largest absolute Gasteiger partial charge is 0.360 e. The summed E-state index contributed by atoms with van der Waals surface area (Å²) in [5.74, 6) is 0.171. The molecule has 2 rings (SSSR count). The van der Waals surface area contributed by atoms with Crippen LogP contribution in [-0.2, 0) is 6.54 Å². The van der Waals surface area contributed by atoms with Crippen molar-refractivity contribution in [3.8, 4) is 6.07 Å². The van der Waals surface area contributed by atoms with Crippen LogP contribution < -0.4 is 5.32 Å². The minimum absolute atomic E-state index is 0.169. The van der Waals surface area contributed by atoms with Gasteiger partial charge in [-0.15, -0.1) is 0 Å². The number of nitrogens with one attached hydrogen (secondary N) is 1. The fourth-order valence-corrected chi connectivity index (χ4v) is 2.04. The first-order valence-electron chi connectivity index (χ1n) is 5.00. The van der Waals surface area contributed by atoms with Crippen LogP contribution in [0, 0.1) is 21.4 Å². The molecule has 90 valence electrons. The summed E-state index contributed by atoms with van der Waals surface area (Å²) in [6.45, 7) is 0.462. The summed E-state index contributed by atoms with van der Waals surface area (Å²) in [6.07, 6.45) is 1.31. The Labute approximate surface area is 107 Å². The van der Waals surface area contributed by atoms with Crippen LogP contribution >= 0.6 is 11.3 Å². The first kappa shape index (κ1) is 12.0. The first-order chi connectivity index (χ1) is 8.70. The van der Waals surface area contributed by atoms with Crippen molar-refractivity contribution in [3.63, 3.8) is 0 Å². The Balaban J connectivity index is 2.22. The minimum atomic E-state index is -0.552. The zero-order valence-electron chi connectivity index (χ0n) is 9.16. The molecule has 0 saturated heterocycles. The van der Waals surface area contributed by atoms with E-state index in [0.29, 0.717) is 6.54 Å². The zero-order chi connectivity index (χ0) is 13.0. The Bertz CT molecular complexity index is 604. The van der Waals surface area contributed by atoms with E-state index in [-0.39, 0.29) is 17.1 Å². The molecule has 0 aliphatic carbocycles. The Kier molecular flexibility index (Phi) is 3.50. The molecule has 0 atom stereocenters. The lowest BCUT2D eigenvalue weighted by Gasteiger charge is -2.04. The van der Waals surface area contributed by atoms with E-state index in [9.17, 15) is 10.1 Å². The lowest BCUT2D eigenvalue weighted by Crippen LogP contribution is -2.04. The molecule has 0 saturated carbocycles. The summed E-state index contributed by atoms with van der Waals surface area (Å²) in [4.78, 5) is 14.2. The van der Waals surface area contributed by atoms with Crippen molar-refractivity contribution in [2.45, 2.75) is 6.54 Å². The number of nitriles is 1. The molecule has 0 aromatic carbocycles. The molecular weight excluding hydrogens is 252 g/mol. The van der Waals surface area contributed by atoms with Gasteiger partial charge in [0.25, 0.3) is 0 Å². The molecule has 0 spiro atoms. The fourth-order valence-electron chi connectivity index (χ4n) is 1.37. The van der Waals surface area contributed by atoms with E-state index in [0.717, 1.165) is 5.56 Å². The molecule has 0 fully saturated rings. The van der Waals surface area contributed by atoms with E-state index < -0.39 is 4.92 Å². The first-order valence-corrected chi connectivity index (χ1v) is 5.94. The number of pyridine rings is 1. The molecule has 0 amide bonds. The number of anilines is 1. The van der Waals surface area contributed by atoms with E-state index in [1.54, 1.807) is 11.3 Å². The predicted molar refractivity (Wildman–Crippen MR) is 67.3 cm³/mol. The molecule has 0 aliphatic heterocycles. The Morgan fingerprint density at radius 1 is 1.61 bits per heavy atom. The Morgan fingerprint density at radius 3 is 3.06 bits per heavy atom. The lowest BCUT2D eigenvalue weighted by molar-refractivity contribution is -0.384. The van der Waals surface area contributed by atoms with E-state index in [4.69, 9.17) is 5.26 Å². The maximum absolute atomic E-state index is 10.9.